The van der Waals surface area contributed by atoms with Crippen LogP contribution in [0, 0.1) is 5.82 Å². The summed E-state index contributed by atoms with van der Waals surface area (Å²) in [7, 11) is 3.05. The van der Waals surface area contributed by atoms with E-state index in [1.54, 1.807) is 29.2 Å². The number of rotatable bonds is 3. The van der Waals surface area contributed by atoms with Crippen LogP contribution in [0.1, 0.15) is 10.4 Å². The number of ether oxygens (including phenoxy) is 3. The van der Waals surface area contributed by atoms with Crippen LogP contribution in [0.25, 0.3) is 0 Å². The summed E-state index contributed by atoms with van der Waals surface area (Å²) in [5.74, 6) is 0.791. The Bertz CT molecular complexity index is 725. The van der Waals surface area contributed by atoms with E-state index in [1.165, 1.54) is 26.4 Å². The van der Waals surface area contributed by atoms with E-state index < -0.39 is 5.82 Å². The number of nitrogens with zero attached hydrogens (tertiary/aromatic N) is 1. The molecule has 0 aromatic heterocycles. The van der Waals surface area contributed by atoms with Gasteiger partial charge in [-0.25, -0.2) is 4.39 Å². The van der Waals surface area contributed by atoms with Crippen molar-refractivity contribution in [3.05, 3.63) is 47.8 Å². The fourth-order valence-electron chi connectivity index (χ4n) is 2.49. The second-order valence-corrected chi connectivity index (χ2v) is 5.02. The van der Waals surface area contributed by atoms with Gasteiger partial charge >= 0.3 is 0 Å². The average molecular weight is 317 g/mol. The van der Waals surface area contributed by atoms with E-state index in [9.17, 15) is 9.18 Å². The number of halogens is 1. The third kappa shape index (κ3) is 2.92. The Morgan fingerprint density at radius 1 is 1.13 bits per heavy atom. The van der Waals surface area contributed by atoms with Gasteiger partial charge in [0.2, 0.25) is 0 Å². The lowest BCUT2D eigenvalue weighted by Crippen LogP contribution is -2.38. The molecule has 1 heterocycles. The van der Waals surface area contributed by atoms with Crippen LogP contribution in [0.5, 0.6) is 17.2 Å². The van der Waals surface area contributed by atoms with E-state index in [0.717, 1.165) is 0 Å². The molecule has 3 rings (SSSR count). The molecule has 0 radical (unpaired) electrons. The number of hydrogen-bond donors (Lipinski definition) is 0. The van der Waals surface area contributed by atoms with Crippen molar-refractivity contribution in [2.24, 2.45) is 0 Å². The molecular weight excluding hydrogens is 301 g/mol. The summed E-state index contributed by atoms with van der Waals surface area (Å²) < 4.78 is 29.1. The predicted octanol–water partition coefficient (Wildman–Crippen LogP) is 2.88. The standard InChI is InChI=1S/C17H16FNO4/c1-21-13-7-11(8-14(10-13)22-2)17(20)19-5-6-23-16-9-12(18)3-4-15(16)19/h3-4,7-10H,5-6H2,1-2H3. The summed E-state index contributed by atoms with van der Waals surface area (Å²) in [6, 6.07) is 9.10. The summed E-state index contributed by atoms with van der Waals surface area (Å²) >= 11 is 0. The first-order valence-electron chi connectivity index (χ1n) is 7.09. The van der Waals surface area contributed by atoms with E-state index in [4.69, 9.17) is 14.2 Å². The number of benzene rings is 2. The molecule has 0 atom stereocenters. The molecule has 0 N–H and O–H groups in total. The van der Waals surface area contributed by atoms with Crippen molar-refractivity contribution in [3.8, 4) is 17.2 Å². The van der Waals surface area contributed by atoms with Crippen molar-refractivity contribution in [3.63, 3.8) is 0 Å². The number of hydrogen-bond acceptors (Lipinski definition) is 4. The Labute approximate surface area is 133 Å². The number of amides is 1. The smallest absolute Gasteiger partial charge is 0.258 e. The summed E-state index contributed by atoms with van der Waals surface area (Å²) in [6.07, 6.45) is 0. The highest BCUT2D eigenvalue weighted by atomic mass is 19.1. The largest absolute Gasteiger partial charge is 0.497 e. The minimum absolute atomic E-state index is 0.224. The number of carbonyl (C=O) groups excluding carboxylic acids is 1. The Hall–Kier alpha value is -2.76. The first-order valence-corrected chi connectivity index (χ1v) is 7.09. The van der Waals surface area contributed by atoms with Crippen molar-refractivity contribution in [1.29, 1.82) is 0 Å². The molecule has 1 amide bonds. The molecule has 0 unspecified atom stereocenters. The van der Waals surface area contributed by atoms with Gasteiger partial charge in [0.15, 0.2) is 0 Å². The Morgan fingerprint density at radius 3 is 2.48 bits per heavy atom. The zero-order chi connectivity index (χ0) is 16.4. The zero-order valence-corrected chi connectivity index (χ0v) is 12.8. The lowest BCUT2D eigenvalue weighted by atomic mass is 10.1. The number of carbonyl (C=O) groups is 1. The van der Waals surface area contributed by atoms with Gasteiger partial charge < -0.3 is 19.1 Å². The Kier molecular flexibility index (Phi) is 4.06. The molecule has 120 valence electrons. The molecule has 0 fully saturated rings. The van der Waals surface area contributed by atoms with Crippen molar-refractivity contribution < 1.29 is 23.4 Å². The molecule has 0 saturated heterocycles. The van der Waals surface area contributed by atoms with Gasteiger partial charge in [-0.2, -0.15) is 0 Å². The molecule has 0 aliphatic carbocycles. The minimum Gasteiger partial charge on any atom is -0.497 e. The van der Waals surface area contributed by atoms with Crippen molar-refractivity contribution >= 4 is 11.6 Å². The van der Waals surface area contributed by atoms with Gasteiger partial charge in [-0.1, -0.05) is 0 Å². The molecule has 5 nitrogen and oxygen atoms in total. The maximum atomic E-state index is 13.3. The molecule has 23 heavy (non-hydrogen) atoms. The molecule has 6 heteroatoms. The van der Waals surface area contributed by atoms with Crippen LogP contribution in [0.3, 0.4) is 0 Å². The van der Waals surface area contributed by atoms with Crippen LogP contribution < -0.4 is 19.1 Å². The SMILES string of the molecule is COc1cc(OC)cc(C(=O)N2CCOc3cc(F)ccc32)c1. The van der Waals surface area contributed by atoms with Crippen LogP contribution in [-0.4, -0.2) is 33.3 Å². The topological polar surface area (TPSA) is 48.0 Å². The highest BCUT2D eigenvalue weighted by Gasteiger charge is 2.25. The van der Waals surface area contributed by atoms with Gasteiger partial charge in [0, 0.05) is 17.7 Å². The van der Waals surface area contributed by atoms with Crippen LogP contribution in [0.4, 0.5) is 10.1 Å². The van der Waals surface area contributed by atoms with Crippen LogP contribution in [-0.2, 0) is 0 Å². The Morgan fingerprint density at radius 2 is 1.83 bits per heavy atom. The molecule has 1 aliphatic rings. The normalized spacial score (nSPS) is 13.1. The summed E-state index contributed by atoms with van der Waals surface area (Å²) in [4.78, 5) is 14.4. The van der Waals surface area contributed by atoms with E-state index in [1.807, 2.05) is 0 Å². The fourth-order valence-corrected chi connectivity index (χ4v) is 2.49. The zero-order valence-electron chi connectivity index (χ0n) is 12.8. The molecule has 0 spiro atoms. The molecule has 2 aromatic rings. The lowest BCUT2D eigenvalue weighted by Gasteiger charge is -2.29. The predicted molar refractivity (Wildman–Crippen MR) is 83.1 cm³/mol. The van der Waals surface area contributed by atoms with E-state index in [2.05, 4.69) is 0 Å². The first-order chi connectivity index (χ1) is 11.1. The van der Waals surface area contributed by atoms with Crippen molar-refractivity contribution in [2.75, 3.05) is 32.3 Å². The van der Waals surface area contributed by atoms with Gasteiger partial charge in [-0.05, 0) is 24.3 Å². The summed E-state index contributed by atoms with van der Waals surface area (Å²) in [5.41, 5.74) is 0.975. The van der Waals surface area contributed by atoms with E-state index in [-0.39, 0.29) is 5.91 Å². The maximum absolute atomic E-state index is 13.3. The summed E-state index contributed by atoms with van der Waals surface area (Å²) in [5, 5.41) is 0. The van der Waals surface area contributed by atoms with Gasteiger partial charge in [-0.15, -0.1) is 0 Å². The van der Waals surface area contributed by atoms with Crippen LogP contribution in [0.15, 0.2) is 36.4 Å². The maximum Gasteiger partial charge on any atom is 0.258 e. The third-order valence-corrected chi connectivity index (χ3v) is 3.63. The average Bonchev–Trinajstić information content (AvgIpc) is 2.59. The summed E-state index contributed by atoms with van der Waals surface area (Å²) in [6.45, 7) is 0.695. The molecule has 2 aromatic carbocycles. The Balaban J connectivity index is 1.99. The van der Waals surface area contributed by atoms with Gasteiger partial charge in [0.25, 0.3) is 5.91 Å². The lowest BCUT2D eigenvalue weighted by molar-refractivity contribution is 0.0975. The van der Waals surface area contributed by atoms with Crippen LogP contribution >= 0.6 is 0 Å². The number of fused-ring (bicyclic) bond motifs is 1. The van der Waals surface area contributed by atoms with Gasteiger partial charge in [-0.3, -0.25) is 4.79 Å². The van der Waals surface area contributed by atoms with Gasteiger partial charge in [0.05, 0.1) is 26.5 Å². The van der Waals surface area contributed by atoms with Crippen LogP contribution in [0.2, 0.25) is 0 Å². The quantitative estimate of drug-likeness (QED) is 0.873. The third-order valence-electron chi connectivity index (χ3n) is 3.63. The fraction of sp³-hybridized carbons (Fsp3) is 0.235. The minimum atomic E-state index is -0.402. The highest BCUT2D eigenvalue weighted by molar-refractivity contribution is 6.07. The molecule has 0 saturated carbocycles. The second-order valence-electron chi connectivity index (χ2n) is 5.02. The van der Waals surface area contributed by atoms with E-state index >= 15 is 0 Å². The monoisotopic (exact) mass is 317 g/mol. The first kappa shape index (κ1) is 15.1. The van der Waals surface area contributed by atoms with Gasteiger partial charge in [0.1, 0.15) is 29.7 Å². The van der Waals surface area contributed by atoms with E-state index in [0.29, 0.717) is 41.7 Å². The highest BCUT2D eigenvalue weighted by Crippen LogP contribution is 2.34. The second kappa shape index (κ2) is 6.16. The van der Waals surface area contributed by atoms with Crippen molar-refractivity contribution in [2.45, 2.75) is 0 Å². The number of anilines is 1. The molecule has 0 bridgehead atoms. The number of methoxy groups -OCH3 is 2. The van der Waals surface area contributed by atoms with Crippen molar-refractivity contribution in [1.82, 2.24) is 0 Å². The molecule has 1 aliphatic heterocycles. The molecular formula is C17H16FNO4.